The SMILES string of the molecule is CNC(=O)c1ccc(NC(C)(C(=O)O)C(F)(F)F)cc1F. The van der Waals surface area contributed by atoms with E-state index in [4.69, 9.17) is 5.11 Å². The first kappa shape index (κ1) is 16.7. The van der Waals surface area contributed by atoms with Crippen LogP contribution in [-0.2, 0) is 4.79 Å². The lowest BCUT2D eigenvalue weighted by Crippen LogP contribution is -2.55. The minimum atomic E-state index is -5.10. The van der Waals surface area contributed by atoms with E-state index in [1.54, 1.807) is 5.32 Å². The van der Waals surface area contributed by atoms with E-state index in [2.05, 4.69) is 5.32 Å². The van der Waals surface area contributed by atoms with E-state index in [0.717, 1.165) is 12.1 Å². The van der Waals surface area contributed by atoms with Crippen LogP contribution in [0.15, 0.2) is 18.2 Å². The minimum Gasteiger partial charge on any atom is -0.479 e. The zero-order chi connectivity index (χ0) is 16.4. The number of benzene rings is 1. The van der Waals surface area contributed by atoms with E-state index in [-0.39, 0.29) is 5.56 Å². The van der Waals surface area contributed by atoms with Crippen molar-refractivity contribution >= 4 is 17.6 Å². The predicted octanol–water partition coefficient (Wildman–Crippen LogP) is 2.00. The number of anilines is 1. The summed E-state index contributed by atoms with van der Waals surface area (Å²) in [5, 5.41) is 12.6. The van der Waals surface area contributed by atoms with Gasteiger partial charge in [0.05, 0.1) is 5.56 Å². The van der Waals surface area contributed by atoms with Gasteiger partial charge >= 0.3 is 12.1 Å². The van der Waals surface area contributed by atoms with Crippen molar-refractivity contribution < 1.29 is 32.3 Å². The molecule has 0 bridgehead atoms. The average Bonchev–Trinajstić information content (AvgIpc) is 2.36. The van der Waals surface area contributed by atoms with Crippen LogP contribution >= 0.6 is 0 Å². The van der Waals surface area contributed by atoms with E-state index in [0.29, 0.717) is 13.0 Å². The van der Waals surface area contributed by atoms with Crippen LogP contribution in [-0.4, -0.2) is 35.7 Å². The van der Waals surface area contributed by atoms with Gasteiger partial charge in [-0.1, -0.05) is 0 Å². The van der Waals surface area contributed by atoms with Gasteiger partial charge in [0.2, 0.25) is 5.54 Å². The second-order valence-corrected chi connectivity index (χ2v) is 4.33. The third kappa shape index (κ3) is 3.23. The molecule has 0 aromatic heterocycles. The maximum atomic E-state index is 13.6. The summed E-state index contributed by atoms with van der Waals surface area (Å²) in [6.07, 6.45) is -5.10. The number of alkyl halides is 3. The molecule has 0 radical (unpaired) electrons. The third-order valence-electron chi connectivity index (χ3n) is 2.83. The Balaban J connectivity index is 3.16. The Morgan fingerprint density at radius 3 is 2.19 bits per heavy atom. The van der Waals surface area contributed by atoms with Crippen molar-refractivity contribution in [3.05, 3.63) is 29.6 Å². The number of carbonyl (C=O) groups excluding carboxylic acids is 1. The highest BCUT2D eigenvalue weighted by molar-refractivity contribution is 5.94. The van der Waals surface area contributed by atoms with Crippen molar-refractivity contribution in [2.24, 2.45) is 0 Å². The topological polar surface area (TPSA) is 78.4 Å². The van der Waals surface area contributed by atoms with Gasteiger partial charge in [-0.2, -0.15) is 13.2 Å². The highest BCUT2D eigenvalue weighted by Crippen LogP contribution is 2.34. The molecular formula is C12H12F4N2O3. The molecule has 0 aliphatic carbocycles. The maximum absolute atomic E-state index is 13.6. The number of rotatable bonds is 4. The van der Waals surface area contributed by atoms with Crippen LogP contribution in [0.2, 0.25) is 0 Å². The number of hydrogen-bond acceptors (Lipinski definition) is 3. The highest BCUT2D eigenvalue weighted by Gasteiger charge is 2.57. The number of carboxylic acid groups (broad SMARTS) is 1. The lowest BCUT2D eigenvalue weighted by molar-refractivity contribution is -0.192. The summed E-state index contributed by atoms with van der Waals surface area (Å²) >= 11 is 0. The first-order chi connectivity index (χ1) is 9.52. The van der Waals surface area contributed by atoms with Gasteiger partial charge in [-0.15, -0.1) is 0 Å². The summed E-state index contributed by atoms with van der Waals surface area (Å²) in [6.45, 7) is 0.417. The van der Waals surface area contributed by atoms with Crippen LogP contribution in [0.3, 0.4) is 0 Å². The predicted molar refractivity (Wildman–Crippen MR) is 65.5 cm³/mol. The third-order valence-corrected chi connectivity index (χ3v) is 2.83. The van der Waals surface area contributed by atoms with Gasteiger partial charge in [0, 0.05) is 12.7 Å². The van der Waals surface area contributed by atoms with Crippen molar-refractivity contribution in [2.45, 2.75) is 18.6 Å². The number of nitrogens with one attached hydrogen (secondary N) is 2. The monoisotopic (exact) mass is 308 g/mol. The molecule has 9 heteroatoms. The van der Waals surface area contributed by atoms with Gasteiger partial charge in [-0.3, -0.25) is 4.79 Å². The summed E-state index contributed by atoms with van der Waals surface area (Å²) in [7, 11) is 1.26. The molecule has 0 heterocycles. The number of aliphatic carboxylic acids is 1. The second kappa shape index (κ2) is 5.58. The number of hydrogen-bond donors (Lipinski definition) is 3. The van der Waals surface area contributed by atoms with E-state index in [1.807, 2.05) is 0 Å². The summed E-state index contributed by atoms with van der Waals surface area (Å²) < 4.78 is 52.0. The number of halogens is 4. The molecule has 5 nitrogen and oxygen atoms in total. The van der Waals surface area contributed by atoms with Crippen LogP contribution < -0.4 is 10.6 Å². The molecule has 1 rings (SSSR count). The summed E-state index contributed by atoms with van der Waals surface area (Å²) in [4.78, 5) is 22.1. The second-order valence-electron chi connectivity index (χ2n) is 4.33. The summed E-state index contributed by atoms with van der Waals surface area (Å²) in [5.41, 5.74) is -4.07. The lowest BCUT2D eigenvalue weighted by atomic mass is 10.0. The van der Waals surface area contributed by atoms with Crippen molar-refractivity contribution in [1.29, 1.82) is 0 Å². The molecule has 0 aliphatic rings. The van der Waals surface area contributed by atoms with Crippen LogP contribution in [0.5, 0.6) is 0 Å². The first-order valence-electron chi connectivity index (χ1n) is 5.63. The van der Waals surface area contributed by atoms with Crippen LogP contribution in [0, 0.1) is 5.82 Å². The van der Waals surface area contributed by atoms with E-state index in [9.17, 15) is 27.2 Å². The molecule has 0 aliphatic heterocycles. The molecular weight excluding hydrogens is 296 g/mol. The van der Waals surface area contributed by atoms with Crippen molar-refractivity contribution in [1.82, 2.24) is 5.32 Å². The molecule has 1 amide bonds. The molecule has 0 saturated carbocycles. The molecule has 0 saturated heterocycles. The Bertz CT molecular complexity index is 574. The van der Waals surface area contributed by atoms with Crippen molar-refractivity contribution in [3.63, 3.8) is 0 Å². The van der Waals surface area contributed by atoms with Crippen molar-refractivity contribution in [2.75, 3.05) is 12.4 Å². The largest absolute Gasteiger partial charge is 0.479 e. The van der Waals surface area contributed by atoms with E-state index in [1.165, 1.54) is 7.05 Å². The number of carbonyl (C=O) groups is 2. The Hall–Kier alpha value is -2.32. The smallest absolute Gasteiger partial charge is 0.422 e. The standard InChI is InChI=1S/C12H12F4N2O3/c1-11(10(20)21,12(14,15)16)18-6-3-4-7(8(13)5-6)9(19)17-2/h3-5,18H,1-2H3,(H,17,19)(H,20,21). The van der Waals surface area contributed by atoms with Crippen LogP contribution in [0.25, 0.3) is 0 Å². The average molecular weight is 308 g/mol. The Kier molecular flexibility index (Phi) is 4.45. The molecule has 1 unspecified atom stereocenters. The van der Waals surface area contributed by atoms with Crippen LogP contribution in [0.4, 0.5) is 23.2 Å². The zero-order valence-electron chi connectivity index (χ0n) is 11.0. The lowest BCUT2D eigenvalue weighted by Gasteiger charge is -2.29. The normalized spacial score (nSPS) is 14.2. The Morgan fingerprint density at radius 1 is 1.24 bits per heavy atom. The molecule has 116 valence electrons. The minimum absolute atomic E-state index is 0.368. The van der Waals surface area contributed by atoms with Gasteiger partial charge in [0.15, 0.2) is 0 Å². The van der Waals surface area contributed by atoms with E-state index >= 15 is 0 Å². The molecule has 1 atom stereocenters. The molecule has 3 N–H and O–H groups in total. The molecule has 0 spiro atoms. The molecule has 0 fully saturated rings. The van der Waals surface area contributed by atoms with Crippen LogP contribution in [0.1, 0.15) is 17.3 Å². The Labute approximate surface area is 117 Å². The van der Waals surface area contributed by atoms with Gasteiger partial charge in [0.25, 0.3) is 5.91 Å². The van der Waals surface area contributed by atoms with Gasteiger partial charge < -0.3 is 15.7 Å². The van der Waals surface area contributed by atoms with Crippen molar-refractivity contribution in [3.8, 4) is 0 Å². The van der Waals surface area contributed by atoms with Gasteiger partial charge in [0.1, 0.15) is 5.82 Å². The maximum Gasteiger partial charge on any atom is 0.422 e. The summed E-state index contributed by atoms with van der Waals surface area (Å²) in [6, 6.07) is 2.56. The number of carboxylic acids is 1. The van der Waals surface area contributed by atoms with Gasteiger partial charge in [-0.05, 0) is 25.1 Å². The fourth-order valence-electron chi connectivity index (χ4n) is 1.45. The summed E-state index contributed by atoms with van der Waals surface area (Å²) in [5.74, 6) is -3.99. The fraction of sp³-hybridized carbons (Fsp3) is 0.333. The molecule has 1 aromatic rings. The molecule has 21 heavy (non-hydrogen) atoms. The molecule has 1 aromatic carbocycles. The highest BCUT2D eigenvalue weighted by atomic mass is 19.4. The number of amides is 1. The zero-order valence-corrected chi connectivity index (χ0v) is 11.0. The van der Waals surface area contributed by atoms with E-state index < -0.39 is 35.1 Å². The first-order valence-corrected chi connectivity index (χ1v) is 5.63. The quantitative estimate of drug-likeness (QED) is 0.744. The fourth-order valence-corrected chi connectivity index (χ4v) is 1.45. The van der Waals surface area contributed by atoms with Gasteiger partial charge in [-0.25, -0.2) is 9.18 Å². The Morgan fingerprint density at radius 2 is 1.81 bits per heavy atom.